The van der Waals surface area contributed by atoms with E-state index in [0.29, 0.717) is 30.4 Å². The molecule has 1 N–H and O–H groups in total. The average Bonchev–Trinajstić information content (AvgIpc) is 2.86. The van der Waals surface area contributed by atoms with E-state index in [1.165, 1.54) is 14.1 Å². The summed E-state index contributed by atoms with van der Waals surface area (Å²) in [5, 5.41) is 0. The SMILES string of the molecule is CN(C)S(=O)(=O)N[C@H]1CC(=O)N(c2ccc3c(c2)OCCO3)C1. The van der Waals surface area contributed by atoms with E-state index in [4.69, 9.17) is 9.47 Å². The molecule has 1 fully saturated rings. The molecule has 0 aliphatic carbocycles. The number of ether oxygens (including phenoxy) is 2. The van der Waals surface area contributed by atoms with Gasteiger partial charge in [-0.05, 0) is 12.1 Å². The monoisotopic (exact) mass is 341 g/mol. The number of carbonyl (C=O) groups excluding carboxylic acids is 1. The Hall–Kier alpha value is -1.84. The van der Waals surface area contributed by atoms with Crippen LogP contribution in [-0.4, -0.2) is 58.5 Å². The molecule has 23 heavy (non-hydrogen) atoms. The predicted molar refractivity (Wildman–Crippen MR) is 83.9 cm³/mol. The molecule has 0 bridgehead atoms. The fourth-order valence-corrected chi connectivity index (χ4v) is 3.34. The van der Waals surface area contributed by atoms with Gasteiger partial charge in [-0.3, -0.25) is 4.79 Å². The Kier molecular flexibility index (Phi) is 4.17. The maximum atomic E-state index is 12.2. The van der Waals surface area contributed by atoms with Crippen LogP contribution in [0.25, 0.3) is 0 Å². The van der Waals surface area contributed by atoms with Crippen LogP contribution < -0.4 is 19.1 Å². The number of nitrogens with zero attached hydrogens (tertiary/aromatic N) is 2. The molecule has 1 saturated heterocycles. The molecule has 2 aliphatic rings. The van der Waals surface area contributed by atoms with Crippen LogP contribution in [0.5, 0.6) is 11.5 Å². The van der Waals surface area contributed by atoms with E-state index in [9.17, 15) is 13.2 Å². The summed E-state index contributed by atoms with van der Waals surface area (Å²) in [5.74, 6) is 1.11. The van der Waals surface area contributed by atoms with Gasteiger partial charge >= 0.3 is 0 Å². The number of nitrogens with one attached hydrogen (secondary N) is 1. The molecule has 3 rings (SSSR count). The van der Waals surface area contributed by atoms with Gasteiger partial charge in [0.2, 0.25) is 5.91 Å². The Morgan fingerprint density at radius 3 is 2.61 bits per heavy atom. The molecule has 2 heterocycles. The summed E-state index contributed by atoms with van der Waals surface area (Å²) >= 11 is 0. The molecule has 9 heteroatoms. The summed E-state index contributed by atoms with van der Waals surface area (Å²) in [6.07, 6.45) is 0.126. The molecule has 0 saturated carbocycles. The van der Waals surface area contributed by atoms with Crippen LogP contribution in [-0.2, 0) is 15.0 Å². The molecule has 1 amide bonds. The van der Waals surface area contributed by atoms with Gasteiger partial charge in [0.15, 0.2) is 11.5 Å². The number of rotatable bonds is 4. The molecule has 0 spiro atoms. The van der Waals surface area contributed by atoms with Crippen molar-refractivity contribution < 1.29 is 22.7 Å². The van der Waals surface area contributed by atoms with Crippen molar-refractivity contribution in [2.75, 3.05) is 38.8 Å². The lowest BCUT2D eigenvalue weighted by atomic mass is 10.2. The minimum atomic E-state index is -3.57. The molecule has 0 radical (unpaired) electrons. The fourth-order valence-electron chi connectivity index (χ4n) is 2.55. The maximum absolute atomic E-state index is 12.2. The number of fused-ring (bicyclic) bond motifs is 1. The first-order chi connectivity index (χ1) is 10.9. The Labute approximate surface area is 135 Å². The normalized spacial score (nSPS) is 21.1. The quantitative estimate of drug-likeness (QED) is 0.830. The van der Waals surface area contributed by atoms with E-state index in [0.717, 1.165) is 4.31 Å². The Morgan fingerprint density at radius 1 is 1.22 bits per heavy atom. The zero-order valence-corrected chi connectivity index (χ0v) is 13.8. The standard InChI is InChI=1S/C14H19N3O5S/c1-16(2)23(19,20)15-10-7-14(18)17(9-10)11-3-4-12-13(8-11)22-6-5-21-12/h3-4,8,10,15H,5-7,9H2,1-2H3/t10-/m0/s1. The number of anilines is 1. The highest BCUT2D eigenvalue weighted by Crippen LogP contribution is 2.35. The lowest BCUT2D eigenvalue weighted by Crippen LogP contribution is -2.43. The topological polar surface area (TPSA) is 88.2 Å². The van der Waals surface area contributed by atoms with E-state index >= 15 is 0 Å². The van der Waals surface area contributed by atoms with Crippen LogP contribution in [0.4, 0.5) is 5.69 Å². The lowest BCUT2D eigenvalue weighted by molar-refractivity contribution is -0.117. The maximum Gasteiger partial charge on any atom is 0.279 e. The molecule has 1 aromatic carbocycles. The van der Waals surface area contributed by atoms with Gasteiger partial charge in [0.1, 0.15) is 13.2 Å². The van der Waals surface area contributed by atoms with E-state index in [1.807, 2.05) is 0 Å². The summed E-state index contributed by atoms with van der Waals surface area (Å²) < 4.78 is 38.3. The van der Waals surface area contributed by atoms with Gasteiger partial charge in [-0.25, -0.2) is 0 Å². The van der Waals surface area contributed by atoms with Crippen LogP contribution in [0.1, 0.15) is 6.42 Å². The Morgan fingerprint density at radius 2 is 1.91 bits per heavy atom. The third-order valence-electron chi connectivity index (χ3n) is 3.76. The van der Waals surface area contributed by atoms with Crippen molar-refractivity contribution in [2.45, 2.75) is 12.5 Å². The second kappa shape index (κ2) is 5.99. The summed E-state index contributed by atoms with van der Waals surface area (Å²) in [6.45, 7) is 1.25. The van der Waals surface area contributed by atoms with E-state index in [1.54, 1.807) is 23.1 Å². The van der Waals surface area contributed by atoms with E-state index in [2.05, 4.69) is 4.72 Å². The highest BCUT2D eigenvalue weighted by Gasteiger charge is 2.34. The van der Waals surface area contributed by atoms with Gasteiger partial charge in [-0.2, -0.15) is 17.4 Å². The van der Waals surface area contributed by atoms with Crippen molar-refractivity contribution in [3.05, 3.63) is 18.2 Å². The van der Waals surface area contributed by atoms with Crippen LogP contribution in [0, 0.1) is 0 Å². The third-order valence-corrected chi connectivity index (χ3v) is 5.35. The summed E-state index contributed by atoms with van der Waals surface area (Å²) in [7, 11) is -0.681. The molecule has 2 aliphatic heterocycles. The van der Waals surface area contributed by atoms with Crippen molar-refractivity contribution >= 4 is 21.8 Å². The van der Waals surface area contributed by atoms with Crippen LogP contribution in [0.3, 0.4) is 0 Å². The minimum Gasteiger partial charge on any atom is -0.486 e. The van der Waals surface area contributed by atoms with Crippen molar-refractivity contribution in [2.24, 2.45) is 0 Å². The van der Waals surface area contributed by atoms with Crippen molar-refractivity contribution in [1.29, 1.82) is 0 Å². The average molecular weight is 341 g/mol. The highest BCUT2D eigenvalue weighted by molar-refractivity contribution is 7.87. The Balaban J connectivity index is 1.76. The Bertz CT molecular complexity index is 719. The number of benzene rings is 1. The predicted octanol–water partition coefficient (Wildman–Crippen LogP) is -0.0409. The fraction of sp³-hybridized carbons (Fsp3) is 0.500. The molecule has 126 valence electrons. The van der Waals surface area contributed by atoms with Gasteiger partial charge < -0.3 is 14.4 Å². The number of carbonyl (C=O) groups is 1. The highest BCUT2D eigenvalue weighted by atomic mass is 32.2. The third kappa shape index (κ3) is 3.26. The molecule has 1 aromatic rings. The van der Waals surface area contributed by atoms with Gasteiger partial charge in [-0.1, -0.05) is 0 Å². The van der Waals surface area contributed by atoms with Gasteiger partial charge in [0.05, 0.1) is 0 Å². The zero-order valence-electron chi connectivity index (χ0n) is 13.0. The first kappa shape index (κ1) is 16.0. The summed E-state index contributed by atoms with van der Waals surface area (Å²) in [5.41, 5.74) is 0.672. The first-order valence-electron chi connectivity index (χ1n) is 7.26. The van der Waals surface area contributed by atoms with Gasteiger partial charge in [-0.15, -0.1) is 0 Å². The number of hydrogen-bond acceptors (Lipinski definition) is 5. The lowest BCUT2D eigenvalue weighted by Gasteiger charge is -2.22. The first-order valence-corrected chi connectivity index (χ1v) is 8.70. The summed E-state index contributed by atoms with van der Waals surface area (Å²) in [4.78, 5) is 13.8. The molecule has 1 atom stereocenters. The number of amides is 1. The second-order valence-corrected chi connectivity index (χ2v) is 7.55. The smallest absolute Gasteiger partial charge is 0.279 e. The van der Waals surface area contributed by atoms with Crippen LogP contribution in [0.15, 0.2) is 18.2 Å². The van der Waals surface area contributed by atoms with Crippen LogP contribution in [0.2, 0.25) is 0 Å². The molecule has 0 aromatic heterocycles. The van der Waals surface area contributed by atoms with Gasteiger partial charge in [0.25, 0.3) is 10.2 Å². The molecule has 0 unspecified atom stereocenters. The van der Waals surface area contributed by atoms with Gasteiger partial charge in [0, 0.05) is 44.9 Å². The van der Waals surface area contributed by atoms with Crippen molar-refractivity contribution in [1.82, 2.24) is 9.03 Å². The molecular formula is C14H19N3O5S. The number of hydrogen-bond donors (Lipinski definition) is 1. The minimum absolute atomic E-state index is 0.126. The van der Waals surface area contributed by atoms with E-state index in [-0.39, 0.29) is 18.9 Å². The van der Waals surface area contributed by atoms with Crippen molar-refractivity contribution in [3.8, 4) is 11.5 Å². The molecular weight excluding hydrogens is 322 g/mol. The second-order valence-electron chi connectivity index (χ2n) is 5.64. The van der Waals surface area contributed by atoms with E-state index < -0.39 is 16.3 Å². The molecule has 8 nitrogen and oxygen atoms in total. The van der Waals surface area contributed by atoms with Crippen LogP contribution >= 0.6 is 0 Å². The largest absolute Gasteiger partial charge is 0.486 e. The van der Waals surface area contributed by atoms with Crippen molar-refractivity contribution in [3.63, 3.8) is 0 Å². The zero-order chi connectivity index (χ0) is 16.6. The summed E-state index contributed by atoms with van der Waals surface area (Å²) in [6, 6.07) is 4.82.